The van der Waals surface area contributed by atoms with Gasteiger partial charge in [-0.25, -0.2) is 0 Å². The zero-order valence-electron chi connectivity index (χ0n) is 4.76. The molecule has 0 aromatic rings. The third-order valence-corrected chi connectivity index (χ3v) is 0.814. The molecule has 0 saturated carbocycles. The molecule has 0 saturated heterocycles. The SMILES string of the molecule is CCCCC(F)(F)F.[BaH2]. The quantitative estimate of drug-likeness (QED) is 0.668. The van der Waals surface area contributed by atoms with Crippen molar-refractivity contribution in [2.75, 3.05) is 0 Å². The summed E-state index contributed by atoms with van der Waals surface area (Å²) < 4.78 is 33.7. The second-order valence-electron chi connectivity index (χ2n) is 1.72. The van der Waals surface area contributed by atoms with Gasteiger partial charge in [0.05, 0.1) is 0 Å². The Bertz CT molecular complexity index is 59.7. The van der Waals surface area contributed by atoms with Gasteiger partial charge in [-0.3, -0.25) is 0 Å². The number of halogens is 3. The second kappa shape index (κ2) is 6.10. The van der Waals surface area contributed by atoms with Crippen molar-refractivity contribution >= 4 is 48.9 Å². The summed E-state index contributed by atoms with van der Waals surface area (Å²) in [6.07, 6.45) is -3.72. The van der Waals surface area contributed by atoms with Gasteiger partial charge in [-0.05, 0) is 6.42 Å². The molecule has 0 unspecified atom stereocenters. The molecule has 0 aliphatic heterocycles. The molecule has 0 aliphatic rings. The molecule has 4 heteroatoms. The molecule has 0 aromatic carbocycles. The molecule has 0 bridgehead atoms. The Balaban J connectivity index is 0. The van der Waals surface area contributed by atoms with E-state index in [1.807, 2.05) is 0 Å². The number of alkyl halides is 3. The summed E-state index contributed by atoms with van der Waals surface area (Å²) in [6, 6.07) is 0. The van der Waals surface area contributed by atoms with Crippen LogP contribution in [-0.4, -0.2) is 55.1 Å². The maximum atomic E-state index is 11.2. The van der Waals surface area contributed by atoms with Crippen LogP contribution in [0.25, 0.3) is 0 Å². The molecule has 0 aliphatic carbocycles. The van der Waals surface area contributed by atoms with Crippen molar-refractivity contribution in [3.8, 4) is 0 Å². The van der Waals surface area contributed by atoms with Crippen molar-refractivity contribution in [3.63, 3.8) is 0 Å². The van der Waals surface area contributed by atoms with Crippen LogP contribution < -0.4 is 0 Å². The van der Waals surface area contributed by atoms with Crippen LogP contribution in [0.15, 0.2) is 0 Å². The predicted octanol–water partition coefficient (Wildman–Crippen LogP) is 1.82. The molecule has 0 atom stereocenters. The summed E-state index contributed by atoms with van der Waals surface area (Å²) >= 11 is 0. The average Bonchev–Trinajstić information content (AvgIpc) is 1.59. The van der Waals surface area contributed by atoms with Gasteiger partial charge in [-0.1, -0.05) is 13.3 Å². The number of rotatable bonds is 2. The summed E-state index contributed by atoms with van der Waals surface area (Å²) in [5.74, 6) is 0. The van der Waals surface area contributed by atoms with Crippen LogP contribution in [0.1, 0.15) is 26.2 Å². The van der Waals surface area contributed by atoms with Crippen molar-refractivity contribution in [2.45, 2.75) is 32.4 Å². The molecule has 0 nitrogen and oxygen atoms in total. The molecule has 54 valence electrons. The number of hydrogen-bond donors (Lipinski definition) is 0. The van der Waals surface area contributed by atoms with Crippen molar-refractivity contribution in [1.82, 2.24) is 0 Å². The van der Waals surface area contributed by atoms with Gasteiger partial charge in [0.2, 0.25) is 0 Å². The molecule has 0 N–H and O–H groups in total. The zero-order chi connectivity index (χ0) is 6.62. The Labute approximate surface area is 93.3 Å². The van der Waals surface area contributed by atoms with Gasteiger partial charge >= 0.3 is 55.1 Å². The minimum absolute atomic E-state index is 0. The molecule has 0 aromatic heterocycles. The van der Waals surface area contributed by atoms with E-state index < -0.39 is 12.6 Å². The first kappa shape index (κ1) is 13.0. The summed E-state index contributed by atoms with van der Waals surface area (Å²) in [7, 11) is 0. The van der Waals surface area contributed by atoms with E-state index in [9.17, 15) is 13.2 Å². The molecule has 0 rings (SSSR count). The monoisotopic (exact) mass is 266 g/mol. The normalized spacial score (nSPS) is 10.7. The van der Waals surface area contributed by atoms with Crippen LogP contribution in [0.3, 0.4) is 0 Å². The Morgan fingerprint density at radius 2 is 1.67 bits per heavy atom. The summed E-state index contributed by atoms with van der Waals surface area (Å²) in [5, 5.41) is 0. The third kappa shape index (κ3) is 12.5. The molecule has 9 heavy (non-hydrogen) atoms. The Hall–Kier alpha value is 1.36. The molecular formula is C5H11BaF3. The molecule has 0 amide bonds. The molecule has 0 fully saturated rings. The molecular weight excluding hydrogens is 254 g/mol. The summed E-state index contributed by atoms with van der Waals surface area (Å²) in [4.78, 5) is 0. The van der Waals surface area contributed by atoms with Gasteiger partial charge in [0.15, 0.2) is 0 Å². The molecule has 0 heterocycles. The summed E-state index contributed by atoms with van der Waals surface area (Å²) in [6.45, 7) is 1.74. The predicted molar refractivity (Wildman–Crippen MR) is 34.1 cm³/mol. The van der Waals surface area contributed by atoms with Crippen LogP contribution in [0, 0.1) is 0 Å². The van der Waals surface area contributed by atoms with Crippen molar-refractivity contribution in [2.24, 2.45) is 0 Å². The molecule has 0 radical (unpaired) electrons. The number of unbranched alkanes of at least 4 members (excludes halogenated alkanes) is 1. The van der Waals surface area contributed by atoms with Crippen LogP contribution in [0.5, 0.6) is 0 Å². The number of hydrogen-bond acceptors (Lipinski definition) is 0. The van der Waals surface area contributed by atoms with Crippen LogP contribution >= 0.6 is 0 Å². The average molecular weight is 265 g/mol. The van der Waals surface area contributed by atoms with Gasteiger partial charge < -0.3 is 0 Å². The fourth-order valence-corrected chi connectivity index (χ4v) is 0.377. The van der Waals surface area contributed by atoms with E-state index in [1.165, 1.54) is 0 Å². The van der Waals surface area contributed by atoms with Gasteiger partial charge in [0.25, 0.3) is 0 Å². The first-order chi connectivity index (χ1) is 3.56. The second-order valence-corrected chi connectivity index (χ2v) is 1.72. The topological polar surface area (TPSA) is 0 Å². The Kier molecular flexibility index (Phi) is 8.80. The van der Waals surface area contributed by atoms with Gasteiger partial charge in [-0.15, -0.1) is 0 Å². The zero-order valence-corrected chi connectivity index (χ0v) is 4.76. The van der Waals surface area contributed by atoms with E-state index in [0.717, 1.165) is 0 Å². The van der Waals surface area contributed by atoms with Crippen molar-refractivity contribution < 1.29 is 13.2 Å². The van der Waals surface area contributed by atoms with E-state index in [1.54, 1.807) is 6.92 Å². The van der Waals surface area contributed by atoms with E-state index in [4.69, 9.17) is 0 Å². The van der Waals surface area contributed by atoms with Crippen molar-refractivity contribution in [3.05, 3.63) is 0 Å². The molecule has 0 spiro atoms. The van der Waals surface area contributed by atoms with Gasteiger partial charge in [0, 0.05) is 6.42 Å². The van der Waals surface area contributed by atoms with Gasteiger partial charge in [0.1, 0.15) is 0 Å². The fourth-order valence-electron chi connectivity index (χ4n) is 0.377. The van der Waals surface area contributed by atoms with Crippen LogP contribution in [-0.2, 0) is 0 Å². The first-order valence-corrected chi connectivity index (χ1v) is 2.63. The van der Waals surface area contributed by atoms with Crippen molar-refractivity contribution in [1.29, 1.82) is 0 Å². The Morgan fingerprint density at radius 1 is 1.22 bits per heavy atom. The van der Waals surface area contributed by atoms with Crippen LogP contribution in [0.4, 0.5) is 13.2 Å². The van der Waals surface area contributed by atoms with Gasteiger partial charge in [-0.2, -0.15) is 13.2 Å². The minimum atomic E-state index is -3.95. The maximum absolute atomic E-state index is 11.2. The van der Waals surface area contributed by atoms with E-state index >= 15 is 0 Å². The first-order valence-electron chi connectivity index (χ1n) is 2.63. The van der Waals surface area contributed by atoms with E-state index in [2.05, 4.69) is 0 Å². The Morgan fingerprint density at radius 3 is 1.78 bits per heavy atom. The van der Waals surface area contributed by atoms with E-state index in [-0.39, 0.29) is 55.3 Å². The van der Waals surface area contributed by atoms with E-state index in [0.29, 0.717) is 6.42 Å². The van der Waals surface area contributed by atoms with Crippen LogP contribution in [0.2, 0.25) is 0 Å². The fraction of sp³-hybridized carbons (Fsp3) is 1.00. The third-order valence-electron chi connectivity index (χ3n) is 0.814. The standard InChI is InChI=1S/C5H9F3.Ba.2H/c1-2-3-4-5(6,7)8;;;/h2-4H2,1H3;;;. The summed E-state index contributed by atoms with van der Waals surface area (Å²) in [5.41, 5.74) is 0.